The molecular formula is C24H17ClFN3O8. The van der Waals surface area contributed by atoms with Crippen LogP contribution in [0.1, 0.15) is 27.4 Å². The maximum Gasteiger partial charge on any atom is 0.373 e. The Balaban J connectivity index is 1.55. The van der Waals surface area contributed by atoms with Crippen LogP contribution in [-0.2, 0) is 22.7 Å². The van der Waals surface area contributed by atoms with Gasteiger partial charge in [-0.05, 0) is 47.5 Å². The first kappa shape index (κ1) is 25.4. The lowest BCUT2D eigenvalue weighted by atomic mass is 10.1. The Kier molecular flexibility index (Phi) is 7.20. The van der Waals surface area contributed by atoms with Crippen molar-refractivity contribution in [2.24, 2.45) is 0 Å². The Morgan fingerprint density at radius 1 is 1.24 bits per heavy atom. The van der Waals surface area contributed by atoms with Crippen LogP contribution in [0.3, 0.4) is 0 Å². The summed E-state index contributed by atoms with van der Waals surface area (Å²) in [4.78, 5) is 48.5. The van der Waals surface area contributed by atoms with Crippen LogP contribution in [0.5, 0.6) is 5.75 Å². The molecule has 1 saturated heterocycles. The number of benzene rings is 2. The number of carbonyl (C=O) groups is 3. The second kappa shape index (κ2) is 10.5. The van der Waals surface area contributed by atoms with Gasteiger partial charge in [0.05, 0.1) is 23.6 Å². The van der Waals surface area contributed by atoms with E-state index in [1.165, 1.54) is 49.6 Å². The number of rotatable bonds is 8. The number of furan rings is 1. The summed E-state index contributed by atoms with van der Waals surface area (Å²) in [5.74, 6) is -2.11. The molecule has 0 spiro atoms. The van der Waals surface area contributed by atoms with E-state index in [2.05, 4.69) is 10.1 Å². The van der Waals surface area contributed by atoms with Crippen molar-refractivity contribution in [2.45, 2.75) is 13.2 Å². The lowest BCUT2D eigenvalue weighted by molar-refractivity contribution is -0.385. The van der Waals surface area contributed by atoms with Crippen molar-refractivity contribution in [3.05, 3.63) is 97.8 Å². The van der Waals surface area contributed by atoms with Gasteiger partial charge in [0, 0.05) is 6.07 Å². The minimum absolute atomic E-state index is 0.0954. The van der Waals surface area contributed by atoms with Gasteiger partial charge in [0.1, 0.15) is 23.9 Å². The molecule has 0 bridgehead atoms. The molecule has 1 N–H and O–H groups in total. The van der Waals surface area contributed by atoms with E-state index in [-0.39, 0.29) is 46.7 Å². The maximum absolute atomic E-state index is 13.4. The fraction of sp³-hybridized carbons (Fsp3) is 0.125. The van der Waals surface area contributed by atoms with Gasteiger partial charge in [-0.3, -0.25) is 19.8 Å². The molecule has 4 rings (SSSR count). The zero-order valence-electron chi connectivity index (χ0n) is 19.0. The van der Waals surface area contributed by atoms with Gasteiger partial charge in [-0.2, -0.15) is 0 Å². The minimum Gasteiger partial charge on any atom is -0.481 e. The van der Waals surface area contributed by atoms with Crippen molar-refractivity contribution in [3.8, 4) is 5.75 Å². The standard InChI is InChI=1S/C24H17ClFN3O8/c1-35-23(31)20-6-5-16(37-20)11-28-22(30)18(27-24(28)32)9-14-8-17(25)21(19(10-14)29(33)34)36-12-13-3-2-4-15(26)7-13/h2-10H,11-12H2,1H3,(H,27,32)/b18-9-. The predicted octanol–water partition coefficient (Wildman–Crippen LogP) is 4.44. The number of hydrogen-bond acceptors (Lipinski definition) is 8. The first-order chi connectivity index (χ1) is 17.7. The Hall–Kier alpha value is -4.71. The van der Waals surface area contributed by atoms with Crippen molar-refractivity contribution < 1.29 is 37.6 Å². The Bertz CT molecular complexity index is 1450. The van der Waals surface area contributed by atoms with Crippen LogP contribution in [0.2, 0.25) is 5.02 Å². The van der Waals surface area contributed by atoms with Crippen LogP contribution in [-0.4, -0.2) is 34.8 Å². The Labute approximate surface area is 213 Å². The number of urea groups is 1. The SMILES string of the molecule is COC(=O)c1ccc(CN2C(=O)N/C(=C\c3cc(Cl)c(OCc4cccc(F)c4)c([N+](=O)[O-])c3)C2=O)o1. The highest BCUT2D eigenvalue weighted by Gasteiger charge is 2.34. The molecule has 0 unspecified atom stereocenters. The van der Waals surface area contributed by atoms with Crippen molar-refractivity contribution in [3.63, 3.8) is 0 Å². The Morgan fingerprint density at radius 3 is 2.73 bits per heavy atom. The van der Waals surface area contributed by atoms with Crippen molar-refractivity contribution in [1.29, 1.82) is 0 Å². The number of amides is 3. The highest BCUT2D eigenvalue weighted by molar-refractivity contribution is 6.32. The molecule has 37 heavy (non-hydrogen) atoms. The molecule has 2 aromatic carbocycles. The number of nitrogens with zero attached hydrogens (tertiary/aromatic N) is 2. The van der Waals surface area contributed by atoms with Crippen LogP contribution in [0.25, 0.3) is 6.08 Å². The molecule has 0 atom stereocenters. The molecule has 0 saturated carbocycles. The van der Waals surface area contributed by atoms with E-state index < -0.39 is 34.3 Å². The molecule has 3 amide bonds. The molecule has 11 nitrogen and oxygen atoms in total. The molecule has 1 aromatic heterocycles. The zero-order chi connectivity index (χ0) is 26.7. The van der Waals surface area contributed by atoms with Gasteiger partial charge in [0.25, 0.3) is 5.91 Å². The average Bonchev–Trinajstić information content (AvgIpc) is 3.43. The van der Waals surface area contributed by atoms with E-state index in [1.54, 1.807) is 6.07 Å². The second-order valence-electron chi connectivity index (χ2n) is 7.66. The Morgan fingerprint density at radius 2 is 2.03 bits per heavy atom. The maximum atomic E-state index is 13.4. The number of carbonyl (C=O) groups excluding carboxylic acids is 3. The molecule has 2 heterocycles. The van der Waals surface area contributed by atoms with Crippen LogP contribution >= 0.6 is 11.6 Å². The van der Waals surface area contributed by atoms with E-state index in [4.69, 9.17) is 20.8 Å². The summed E-state index contributed by atoms with van der Waals surface area (Å²) in [6, 6.07) is 9.96. The lowest BCUT2D eigenvalue weighted by Gasteiger charge is -2.10. The third-order valence-corrected chi connectivity index (χ3v) is 5.43. The summed E-state index contributed by atoms with van der Waals surface area (Å²) in [6.07, 6.45) is 1.22. The number of nitro groups is 1. The summed E-state index contributed by atoms with van der Waals surface area (Å²) in [5, 5.41) is 13.9. The van der Waals surface area contributed by atoms with Gasteiger partial charge in [0.2, 0.25) is 11.5 Å². The highest BCUT2D eigenvalue weighted by atomic mass is 35.5. The van der Waals surface area contributed by atoms with Crippen molar-refractivity contribution in [1.82, 2.24) is 10.2 Å². The summed E-state index contributed by atoms with van der Waals surface area (Å²) >= 11 is 6.24. The van der Waals surface area contributed by atoms with Gasteiger partial charge in [-0.25, -0.2) is 14.0 Å². The third-order valence-electron chi connectivity index (χ3n) is 5.15. The monoisotopic (exact) mass is 529 g/mol. The smallest absolute Gasteiger partial charge is 0.373 e. The van der Waals surface area contributed by atoms with E-state index in [0.717, 1.165) is 11.0 Å². The molecule has 1 aliphatic rings. The quantitative estimate of drug-likeness (QED) is 0.148. The zero-order valence-corrected chi connectivity index (χ0v) is 19.8. The van der Waals surface area contributed by atoms with E-state index in [1.807, 2.05) is 0 Å². The van der Waals surface area contributed by atoms with Crippen LogP contribution in [0, 0.1) is 15.9 Å². The van der Waals surface area contributed by atoms with Crippen molar-refractivity contribution >= 4 is 41.3 Å². The normalized spacial score (nSPS) is 14.1. The topological polar surface area (TPSA) is 141 Å². The number of esters is 1. The predicted molar refractivity (Wildman–Crippen MR) is 126 cm³/mol. The van der Waals surface area contributed by atoms with Crippen LogP contribution in [0.4, 0.5) is 14.9 Å². The van der Waals surface area contributed by atoms with Crippen LogP contribution in [0.15, 0.2) is 58.6 Å². The van der Waals surface area contributed by atoms with Crippen LogP contribution < -0.4 is 10.1 Å². The third kappa shape index (κ3) is 5.59. The van der Waals surface area contributed by atoms with E-state index in [9.17, 15) is 28.9 Å². The number of hydrogen-bond donors (Lipinski definition) is 1. The molecule has 190 valence electrons. The number of nitro benzene ring substituents is 1. The average molecular weight is 530 g/mol. The minimum atomic E-state index is -0.761. The molecule has 0 radical (unpaired) electrons. The lowest BCUT2D eigenvalue weighted by Crippen LogP contribution is -2.30. The summed E-state index contributed by atoms with van der Waals surface area (Å²) in [5.41, 5.74) is -0.0729. The van der Waals surface area contributed by atoms with Gasteiger partial charge in [-0.15, -0.1) is 0 Å². The molecule has 0 aliphatic carbocycles. The number of methoxy groups -OCH3 is 1. The van der Waals surface area contributed by atoms with E-state index >= 15 is 0 Å². The largest absolute Gasteiger partial charge is 0.481 e. The molecule has 1 aliphatic heterocycles. The van der Waals surface area contributed by atoms with E-state index in [0.29, 0.717) is 5.56 Å². The number of imide groups is 1. The number of ether oxygens (including phenoxy) is 2. The second-order valence-corrected chi connectivity index (χ2v) is 8.07. The number of nitrogens with one attached hydrogen (secondary N) is 1. The first-order valence-corrected chi connectivity index (χ1v) is 10.9. The fourth-order valence-electron chi connectivity index (χ4n) is 3.45. The summed E-state index contributed by atoms with van der Waals surface area (Å²) in [6.45, 7) is -0.445. The van der Waals surface area contributed by atoms with Gasteiger partial charge in [0.15, 0.2) is 0 Å². The molecule has 3 aromatic rings. The molecular weight excluding hydrogens is 513 g/mol. The first-order valence-electron chi connectivity index (χ1n) is 10.5. The molecule has 13 heteroatoms. The fourth-order valence-corrected chi connectivity index (χ4v) is 3.73. The number of halogens is 2. The van der Waals surface area contributed by atoms with Gasteiger partial charge >= 0.3 is 17.7 Å². The summed E-state index contributed by atoms with van der Waals surface area (Å²) < 4.78 is 28.7. The molecule has 1 fully saturated rings. The van der Waals surface area contributed by atoms with Gasteiger partial charge in [-0.1, -0.05) is 23.7 Å². The van der Waals surface area contributed by atoms with Crippen molar-refractivity contribution in [2.75, 3.05) is 7.11 Å². The summed E-state index contributed by atoms with van der Waals surface area (Å²) in [7, 11) is 1.18. The van der Waals surface area contributed by atoms with Gasteiger partial charge < -0.3 is 19.2 Å². The highest BCUT2D eigenvalue weighted by Crippen LogP contribution is 2.37.